The number of rotatable bonds is 2. The number of pyridine rings is 1. The van der Waals surface area contributed by atoms with Gasteiger partial charge in [-0.25, -0.2) is 4.98 Å². The Balaban J connectivity index is 2.02. The summed E-state index contributed by atoms with van der Waals surface area (Å²) in [7, 11) is 0. The van der Waals surface area contributed by atoms with E-state index in [0.29, 0.717) is 6.10 Å². The summed E-state index contributed by atoms with van der Waals surface area (Å²) in [6, 6.07) is 3.79. The first kappa shape index (κ1) is 8.05. The van der Waals surface area contributed by atoms with Gasteiger partial charge < -0.3 is 4.74 Å². The molecule has 64 valence electrons. The number of hydrogen-bond acceptors (Lipinski definition) is 2. The predicted molar refractivity (Wildman–Crippen MR) is 50.2 cm³/mol. The van der Waals surface area contributed by atoms with Crippen molar-refractivity contribution >= 4 is 15.9 Å². The van der Waals surface area contributed by atoms with Crippen molar-refractivity contribution in [2.24, 2.45) is 0 Å². The fourth-order valence-electron chi connectivity index (χ4n) is 1.14. The Morgan fingerprint density at radius 1 is 1.50 bits per heavy atom. The van der Waals surface area contributed by atoms with Crippen LogP contribution in [0, 0.1) is 0 Å². The molecular formula is C9H10BrNO. The van der Waals surface area contributed by atoms with Gasteiger partial charge in [-0.1, -0.05) is 0 Å². The molecule has 1 aromatic heterocycles. The highest BCUT2D eigenvalue weighted by Crippen LogP contribution is 2.25. The summed E-state index contributed by atoms with van der Waals surface area (Å²) in [5.41, 5.74) is 0. The molecule has 1 saturated carbocycles. The Hall–Kier alpha value is -0.570. The van der Waals surface area contributed by atoms with Crippen LogP contribution in [0.3, 0.4) is 0 Å². The van der Waals surface area contributed by atoms with Gasteiger partial charge in [0.05, 0.1) is 6.10 Å². The van der Waals surface area contributed by atoms with Gasteiger partial charge in [0.1, 0.15) is 10.4 Å². The first-order valence-corrected chi connectivity index (χ1v) is 4.92. The fourth-order valence-corrected chi connectivity index (χ4v) is 1.48. The lowest BCUT2D eigenvalue weighted by molar-refractivity contribution is 0.120. The number of aromatic nitrogens is 1. The lowest BCUT2D eigenvalue weighted by Crippen LogP contribution is -2.24. The summed E-state index contributed by atoms with van der Waals surface area (Å²) >= 11 is 3.30. The third kappa shape index (κ3) is 1.78. The van der Waals surface area contributed by atoms with E-state index in [9.17, 15) is 0 Å². The van der Waals surface area contributed by atoms with Crippen LogP contribution < -0.4 is 4.74 Å². The van der Waals surface area contributed by atoms with Crippen molar-refractivity contribution in [1.29, 1.82) is 0 Å². The summed E-state index contributed by atoms with van der Waals surface area (Å²) in [6.45, 7) is 0. The summed E-state index contributed by atoms with van der Waals surface area (Å²) in [4.78, 5) is 4.03. The highest BCUT2D eigenvalue weighted by Gasteiger charge is 2.18. The van der Waals surface area contributed by atoms with Crippen LogP contribution in [0.4, 0.5) is 0 Å². The van der Waals surface area contributed by atoms with Crippen LogP contribution in [0.1, 0.15) is 19.3 Å². The first-order chi connectivity index (χ1) is 5.84. The van der Waals surface area contributed by atoms with Crippen molar-refractivity contribution in [3.8, 4) is 5.75 Å². The van der Waals surface area contributed by atoms with Gasteiger partial charge >= 0.3 is 0 Å². The van der Waals surface area contributed by atoms with E-state index in [1.807, 2.05) is 12.1 Å². The van der Waals surface area contributed by atoms with E-state index in [0.717, 1.165) is 10.4 Å². The second kappa shape index (κ2) is 3.44. The Morgan fingerprint density at radius 3 is 2.92 bits per heavy atom. The van der Waals surface area contributed by atoms with Crippen LogP contribution in [0.25, 0.3) is 0 Å². The maximum atomic E-state index is 5.66. The molecule has 2 nitrogen and oxygen atoms in total. The molecule has 0 unspecified atom stereocenters. The van der Waals surface area contributed by atoms with Gasteiger partial charge in [-0.15, -0.1) is 0 Å². The fraction of sp³-hybridized carbons (Fsp3) is 0.444. The van der Waals surface area contributed by atoms with Crippen LogP contribution in [-0.4, -0.2) is 11.1 Å². The average molecular weight is 228 g/mol. The molecule has 1 aliphatic carbocycles. The van der Waals surface area contributed by atoms with Crippen molar-refractivity contribution in [1.82, 2.24) is 4.98 Å². The van der Waals surface area contributed by atoms with Gasteiger partial charge in [-0.05, 0) is 41.3 Å². The van der Waals surface area contributed by atoms with Crippen LogP contribution in [0.5, 0.6) is 5.75 Å². The van der Waals surface area contributed by atoms with Crippen LogP contribution in [-0.2, 0) is 0 Å². The summed E-state index contributed by atoms with van der Waals surface area (Å²) in [5, 5.41) is 0. The zero-order valence-electron chi connectivity index (χ0n) is 6.66. The Kier molecular flexibility index (Phi) is 2.30. The lowest BCUT2D eigenvalue weighted by atomic mass is 9.96. The van der Waals surface area contributed by atoms with Gasteiger partial charge in [0, 0.05) is 12.3 Å². The third-order valence-electron chi connectivity index (χ3n) is 2.05. The smallest absolute Gasteiger partial charge is 0.123 e. The quantitative estimate of drug-likeness (QED) is 0.726. The van der Waals surface area contributed by atoms with Crippen molar-refractivity contribution in [3.05, 3.63) is 22.9 Å². The number of nitrogens with zero attached hydrogens (tertiary/aromatic N) is 1. The maximum absolute atomic E-state index is 5.66. The number of halogens is 1. The van der Waals surface area contributed by atoms with Crippen LogP contribution in [0.15, 0.2) is 22.9 Å². The largest absolute Gasteiger partial charge is 0.490 e. The molecular weight excluding hydrogens is 218 g/mol. The van der Waals surface area contributed by atoms with E-state index < -0.39 is 0 Å². The molecule has 1 aromatic rings. The van der Waals surface area contributed by atoms with E-state index in [1.165, 1.54) is 19.3 Å². The number of hydrogen-bond donors (Lipinski definition) is 0. The van der Waals surface area contributed by atoms with Gasteiger partial charge in [-0.2, -0.15) is 0 Å². The molecule has 0 radical (unpaired) electrons. The molecule has 3 heteroatoms. The Bertz CT molecular complexity index is 273. The molecule has 0 bridgehead atoms. The first-order valence-electron chi connectivity index (χ1n) is 4.13. The molecule has 0 atom stereocenters. The third-order valence-corrected chi connectivity index (χ3v) is 2.49. The van der Waals surface area contributed by atoms with E-state index in [1.54, 1.807) is 6.20 Å². The molecule has 0 amide bonds. The lowest BCUT2D eigenvalue weighted by Gasteiger charge is -2.26. The summed E-state index contributed by atoms with van der Waals surface area (Å²) in [5.74, 6) is 0.918. The summed E-state index contributed by atoms with van der Waals surface area (Å²) in [6.07, 6.45) is 5.88. The molecule has 0 aromatic carbocycles. The standard InChI is InChI=1S/C9H10BrNO/c10-9-6-8(4-5-11-9)12-7-2-1-3-7/h4-7H,1-3H2. The Labute approximate surface area is 80.1 Å². The Morgan fingerprint density at radius 2 is 2.33 bits per heavy atom. The van der Waals surface area contributed by atoms with Gasteiger partial charge in [-0.3, -0.25) is 0 Å². The molecule has 0 aliphatic heterocycles. The minimum atomic E-state index is 0.444. The van der Waals surface area contributed by atoms with Crippen molar-refractivity contribution in [3.63, 3.8) is 0 Å². The van der Waals surface area contributed by atoms with E-state index in [-0.39, 0.29) is 0 Å². The van der Waals surface area contributed by atoms with Gasteiger partial charge in [0.25, 0.3) is 0 Å². The van der Waals surface area contributed by atoms with E-state index >= 15 is 0 Å². The monoisotopic (exact) mass is 227 g/mol. The normalized spacial score (nSPS) is 17.1. The van der Waals surface area contributed by atoms with Crippen molar-refractivity contribution in [2.75, 3.05) is 0 Å². The second-order valence-corrected chi connectivity index (χ2v) is 3.80. The minimum Gasteiger partial charge on any atom is -0.490 e. The number of ether oxygens (including phenoxy) is 1. The molecule has 2 rings (SSSR count). The highest BCUT2D eigenvalue weighted by molar-refractivity contribution is 9.10. The van der Waals surface area contributed by atoms with Crippen molar-refractivity contribution < 1.29 is 4.74 Å². The molecule has 1 aliphatic rings. The molecule has 0 spiro atoms. The molecule has 0 saturated heterocycles. The van der Waals surface area contributed by atoms with Crippen LogP contribution in [0.2, 0.25) is 0 Å². The van der Waals surface area contributed by atoms with E-state index in [2.05, 4.69) is 20.9 Å². The second-order valence-electron chi connectivity index (χ2n) is 2.99. The predicted octanol–water partition coefficient (Wildman–Crippen LogP) is 2.78. The van der Waals surface area contributed by atoms with E-state index in [4.69, 9.17) is 4.74 Å². The van der Waals surface area contributed by atoms with Gasteiger partial charge in [0.15, 0.2) is 0 Å². The molecule has 0 N–H and O–H groups in total. The zero-order chi connectivity index (χ0) is 8.39. The SMILES string of the molecule is Brc1cc(OC2CCC2)ccn1. The average Bonchev–Trinajstić information content (AvgIpc) is 1.97. The highest BCUT2D eigenvalue weighted by atomic mass is 79.9. The molecule has 1 heterocycles. The van der Waals surface area contributed by atoms with Crippen molar-refractivity contribution in [2.45, 2.75) is 25.4 Å². The zero-order valence-corrected chi connectivity index (χ0v) is 8.25. The van der Waals surface area contributed by atoms with Gasteiger partial charge in [0.2, 0.25) is 0 Å². The maximum Gasteiger partial charge on any atom is 0.123 e. The summed E-state index contributed by atoms with van der Waals surface area (Å²) < 4.78 is 6.49. The molecule has 12 heavy (non-hydrogen) atoms. The molecule has 1 fully saturated rings. The van der Waals surface area contributed by atoms with Crippen LogP contribution >= 0.6 is 15.9 Å². The minimum absolute atomic E-state index is 0.444. The topological polar surface area (TPSA) is 22.1 Å².